The van der Waals surface area contributed by atoms with E-state index in [1.165, 1.54) is 12.8 Å². The number of carbonyl (C=O) groups is 1. The van der Waals surface area contributed by atoms with E-state index in [1.54, 1.807) is 0 Å². The Balaban J connectivity index is 2.12. The maximum Gasteiger partial charge on any atom is 0.239 e. The highest BCUT2D eigenvalue weighted by molar-refractivity contribution is 5.84. The maximum absolute atomic E-state index is 11.8. The molecule has 3 nitrogen and oxygen atoms in total. The summed E-state index contributed by atoms with van der Waals surface area (Å²) in [5.74, 6) is 0.171. The standard InChI is InChI=1S/C11H20N2O/c1-11(2)6-3-4-9(11)13-7-5-8(12)10(13)14/h8-9H,3-7,12H2,1-2H3. The monoisotopic (exact) mass is 196 g/mol. The Hall–Kier alpha value is -0.570. The molecule has 1 saturated heterocycles. The molecular weight excluding hydrogens is 176 g/mol. The van der Waals surface area contributed by atoms with Gasteiger partial charge in [-0.15, -0.1) is 0 Å². The first-order valence-corrected chi connectivity index (χ1v) is 5.58. The van der Waals surface area contributed by atoms with Gasteiger partial charge < -0.3 is 10.6 Å². The quantitative estimate of drug-likeness (QED) is 0.683. The van der Waals surface area contributed by atoms with Crippen LogP contribution in [0.2, 0.25) is 0 Å². The van der Waals surface area contributed by atoms with Gasteiger partial charge in [0.2, 0.25) is 5.91 Å². The van der Waals surface area contributed by atoms with Crippen LogP contribution in [0.5, 0.6) is 0 Å². The molecule has 0 radical (unpaired) electrons. The average molecular weight is 196 g/mol. The lowest BCUT2D eigenvalue weighted by molar-refractivity contribution is -0.132. The molecular formula is C11H20N2O. The van der Waals surface area contributed by atoms with E-state index in [-0.39, 0.29) is 11.9 Å². The van der Waals surface area contributed by atoms with Crippen LogP contribution in [-0.2, 0) is 4.79 Å². The summed E-state index contributed by atoms with van der Waals surface area (Å²) in [5, 5.41) is 0. The first-order chi connectivity index (χ1) is 6.52. The fraction of sp³-hybridized carbons (Fsp3) is 0.909. The number of nitrogens with two attached hydrogens (primary N) is 1. The Morgan fingerprint density at radius 1 is 1.43 bits per heavy atom. The van der Waals surface area contributed by atoms with Gasteiger partial charge in [0.1, 0.15) is 0 Å². The molecule has 2 N–H and O–H groups in total. The van der Waals surface area contributed by atoms with E-state index < -0.39 is 0 Å². The molecule has 2 atom stereocenters. The minimum atomic E-state index is -0.230. The van der Waals surface area contributed by atoms with Crippen molar-refractivity contribution in [1.82, 2.24) is 4.90 Å². The second kappa shape index (κ2) is 3.23. The third-order valence-electron chi connectivity index (χ3n) is 3.86. The number of carbonyl (C=O) groups excluding carboxylic acids is 1. The van der Waals surface area contributed by atoms with Gasteiger partial charge in [-0.3, -0.25) is 4.79 Å². The Morgan fingerprint density at radius 2 is 2.14 bits per heavy atom. The normalized spacial score (nSPS) is 36.8. The molecule has 1 aliphatic carbocycles. The van der Waals surface area contributed by atoms with Crippen molar-refractivity contribution in [1.29, 1.82) is 0 Å². The Labute approximate surface area is 85.6 Å². The number of amides is 1. The second-order valence-corrected chi connectivity index (χ2v) is 5.32. The molecule has 1 amide bonds. The minimum absolute atomic E-state index is 0.171. The minimum Gasteiger partial charge on any atom is -0.338 e. The summed E-state index contributed by atoms with van der Waals surface area (Å²) in [6.45, 7) is 5.40. The van der Waals surface area contributed by atoms with Crippen LogP contribution in [0, 0.1) is 5.41 Å². The van der Waals surface area contributed by atoms with Gasteiger partial charge in [-0.25, -0.2) is 0 Å². The molecule has 0 aromatic rings. The van der Waals surface area contributed by atoms with Crippen molar-refractivity contribution in [2.75, 3.05) is 6.54 Å². The van der Waals surface area contributed by atoms with Crippen molar-refractivity contribution in [3.63, 3.8) is 0 Å². The Kier molecular flexibility index (Phi) is 2.30. The molecule has 0 spiro atoms. The van der Waals surface area contributed by atoms with Crippen LogP contribution >= 0.6 is 0 Å². The van der Waals surface area contributed by atoms with Crippen molar-refractivity contribution in [2.24, 2.45) is 11.1 Å². The largest absolute Gasteiger partial charge is 0.338 e. The van der Waals surface area contributed by atoms with Gasteiger partial charge in [-0.05, 0) is 24.7 Å². The van der Waals surface area contributed by atoms with E-state index in [9.17, 15) is 4.79 Å². The summed E-state index contributed by atoms with van der Waals surface area (Å²) in [6.07, 6.45) is 4.48. The first-order valence-electron chi connectivity index (χ1n) is 5.58. The molecule has 1 saturated carbocycles. The second-order valence-electron chi connectivity index (χ2n) is 5.32. The van der Waals surface area contributed by atoms with Crippen LogP contribution < -0.4 is 5.73 Å². The summed E-state index contributed by atoms with van der Waals surface area (Å²) in [6, 6.07) is 0.204. The molecule has 3 heteroatoms. The Bertz CT molecular complexity index is 250. The zero-order valence-electron chi connectivity index (χ0n) is 9.12. The highest BCUT2D eigenvalue weighted by Gasteiger charge is 2.43. The van der Waals surface area contributed by atoms with E-state index in [2.05, 4.69) is 13.8 Å². The van der Waals surface area contributed by atoms with Gasteiger partial charge in [0.25, 0.3) is 0 Å². The number of nitrogens with zero attached hydrogens (tertiary/aromatic N) is 1. The summed E-state index contributed by atoms with van der Waals surface area (Å²) >= 11 is 0. The molecule has 0 aromatic carbocycles. The van der Waals surface area contributed by atoms with Crippen molar-refractivity contribution in [3.05, 3.63) is 0 Å². The lowest BCUT2D eigenvalue weighted by atomic mass is 9.86. The SMILES string of the molecule is CC1(C)CCCC1N1CCC(N)C1=O. The third-order valence-corrected chi connectivity index (χ3v) is 3.86. The van der Waals surface area contributed by atoms with E-state index in [0.29, 0.717) is 11.5 Å². The first kappa shape index (κ1) is 9.97. The van der Waals surface area contributed by atoms with E-state index in [0.717, 1.165) is 19.4 Å². The molecule has 14 heavy (non-hydrogen) atoms. The molecule has 2 unspecified atom stereocenters. The van der Waals surface area contributed by atoms with Gasteiger partial charge in [0, 0.05) is 12.6 Å². The summed E-state index contributed by atoms with van der Waals surface area (Å²) in [5.41, 5.74) is 6.03. The van der Waals surface area contributed by atoms with Crippen LogP contribution in [0.15, 0.2) is 0 Å². The molecule has 1 aliphatic heterocycles. The number of hydrogen-bond donors (Lipinski definition) is 1. The van der Waals surface area contributed by atoms with Crippen LogP contribution in [-0.4, -0.2) is 29.4 Å². The molecule has 1 heterocycles. The molecule has 0 aromatic heterocycles. The van der Waals surface area contributed by atoms with Gasteiger partial charge in [0.05, 0.1) is 6.04 Å². The van der Waals surface area contributed by atoms with Gasteiger partial charge >= 0.3 is 0 Å². The van der Waals surface area contributed by atoms with Crippen LogP contribution in [0.3, 0.4) is 0 Å². The highest BCUT2D eigenvalue weighted by atomic mass is 16.2. The van der Waals surface area contributed by atoms with Crippen LogP contribution in [0.25, 0.3) is 0 Å². The van der Waals surface area contributed by atoms with Crippen molar-refractivity contribution >= 4 is 5.91 Å². The smallest absolute Gasteiger partial charge is 0.239 e. The number of rotatable bonds is 1. The van der Waals surface area contributed by atoms with E-state index in [1.807, 2.05) is 4.90 Å². The average Bonchev–Trinajstić information content (AvgIpc) is 2.59. The van der Waals surface area contributed by atoms with Gasteiger partial charge in [-0.2, -0.15) is 0 Å². The topological polar surface area (TPSA) is 46.3 Å². The molecule has 80 valence electrons. The van der Waals surface area contributed by atoms with Gasteiger partial charge in [0.15, 0.2) is 0 Å². The fourth-order valence-electron chi connectivity index (χ4n) is 2.92. The fourth-order valence-corrected chi connectivity index (χ4v) is 2.92. The van der Waals surface area contributed by atoms with Crippen molar-refractivity contribution in [2.45, 2.75) is 51.6 Å². The lowest BCUT2D eigenvalue weighted by Crippen LogP contribution is -2.45. The van der Waals surface area contributed by atoms with Crippen molar-refractivity contribution < 1.29 is 4.79 Å². The molecule has 2 aliphatic rings. The summed E-state index contributed by atoms with van der Waals surface area (Å²) in [7, 11) is 0. The van der Waals surface area contributed by atoms with Crippen LogP contribution in [0.1, 0.15) is 39.5 Å². The van der Waals surface area contributed by atoms with E-state index in [4.69, 9.17) is 5.73 Å². The zero-order chi connectivity index (χ0) is 10.3. The molecule has 0 bridgehead atoms. The molecule has 2 fully saturated rings. The maximum atomic E-state index is 11.8. The summed E-state index contributed by atoms with van der Waals surface area (Å²) < 4.78 is 0. The summed E-state index contributed by atoms with van der Waals surface area (Å²) in [4.78, 5) is 13.8. The zero-order valence-corrected chi connectivity index (χ0v) is 9.12. The third kappa shape index (κ3) is 1.44. The molecule has 2 rings (SSSR count). The number of hydrogen-bond acceptors (Lipinski definition) is 2. The Morgan fingerprint density at radius 3 is 2.57 bits per heavy atom. The van der Waals surface area contributed by atoms with E-state index >= 15 is 0 Å². The van der Waals surface area contributed by atoms with Crippen molar-refractivity contribution in [3.8, 4) is 0 Å². The predicted octanol–water partition coefficient (Wildman–Crippen LogP) is 1.12. The van der Waals surface area contributed by atoms with Crippen LogP contribution in [0.4, 0.5) is 0 Å². The van der Waals surface area contributed by atoms with Gasteiger partial charge in [-0.1, -0.05) is 20.3 Å². The highest BCUT2D eigenvalue weighted by Crippen LogP contribution is 2.41. The lowest BCUT2D eigenvalue weighted by Gasteiger charge is -2.35. The number of likely N-dealkylation sites (tertiary alicyclic amines) is 1. The predicted molar refractivity (Wildman–Crippen MR) is 55.7 cm³/mol.